The molecular weight excluding hydrogens is 484 g/mol. The number of rotatable bonds is 3. The number of halogens is 1. The van der Waals surface area contributed by atoms with Crippen LogP contribution in [0.15, 0.2) is 79.1 Å². The van der Waals surface area contributed by atoms with E-state index in [9.17, 15) is 14.9 Å². The minimum atomic E-state index is -0.425. The Kier molecular flexibility index (Phi) is 5.86. The molecule has 6 rings (SSSR count). The molecule has 182 valence electrons. The van der Waals surface area contributed by atoms with E-state index in [2.05, 4.69) is 16.4 Å². The molecule has 4 aromatic rings. The molecule has 2 aliphatic rings. The lowest BCUT2D eigenvalue weighted by Crippen LogP contribution is -2.61. The molecule has 3 atom stereocenters. The Hall–Kier alpha value is -4.21. The molecule has 0 radical (unpaired) electrons. The molecule has 3 amide bonds. The second-order valence-electron chi connectivity index (χ2n) is 9.62. The van der Waals surface area contributed by atoms with E-state index in [0.29, 0.717) is 29.1 Å². The van der Waals surface area contributed by atoms with Gasteiger partial charge in [0.2, 0.25) is 5.91 Å². The van der Waals surface area contributed by atoms with Crippen LogP contribution >= 0.6 is 11.6 Å². The van der Waals surface area contributed by atoms with Crippen molar-refractivity contribution in [2.75, 3.05) is 4.90 Å². The number of pyridine rings is 1. The summed E-state index contributed by atoms with van der Waals surface area (Å²) in [6.45, 7) is 0. The van der Waals surface area contributed by atoms with Crippen LogP contribution in [0.5, 0.6) is 0 Å². The number of carbonyl (C=O) groups excluding carboxylic acids is 2. The summed E-state index contributed by atoms with van der Waals surface area (Å²) in [4.78, 5) is 32.5. The van der Waals surface area contributed by atoms with Gasteiger partial charge < -0.3 is 5.32 Å². The highest BCUT2D eigenvalue weighted by Crippen LogP contribution is 2.45. The summed E-state index contributed by atoms with van der Waals surface area (Å²) in [7, 11) is 0. The van der Waals surface area contributed by atoms with Crippen molar-refractivity contribution in [1.29, 1.82) is 5.26 Å². The molecular formula is C30H23ClN4O2. The molecule has 6 nitrogen and oxygen atoms in total. The number of hydrogen-bond acceptors (Lipinski definition) is 4. The summed E-state index contributed by atoms with van der Waals surface area (Å²) in [6.07, 6.45) is 5.31. The Labute approximate surface area is 219 Å². The van der Waals surface area contributed by atoms with Crippen LogP contribution in [0.2, 0.25) is 5.02 Å². The van der Waals surface area contributed by atoms with Crippen molar-refractivity contribution in [2.24, 2.45) is 5.92 Å². The molecule has 1 aliphatic carbocycles. The van der Waals surface area contributed by atoms with Crippen LogP contribution in [0.3, 0.4) is 0 Å². The normalized spacial score (nSPS) is 21.3. The number of benzene rings is 3. The van der Waals surface area contributed by atoms with Crippen LogP contribution in [0.25, 0.3) is 21.9 Å². The SMILES string of the molecule is N#Cc1cccc(-c2cccc(Cl)c2C2CCC3C(=O)N(c4cncc5ccccc45)C(=O)NC3C2)c1. The van der Waals surface area contributed by atoms with E-state index in [1.165, 1.54) is 4.90 Å². The summed E-state index contributed by atoms with van der Waals surface area (Å²) >= 11 is 6.74. The molecule has 2 fully saturated rings. The third kappa shape index (κ3) is 4.02. The van der Waals surface area contributed by atoms with Gasteiger partial charge in [0.05, 0.1) is 29.4 Å². The van der Waals surface area contributed by atoms with Crippen molar-refractivity contribution in [3.05, 3.63) is 95.3 Å². The van der Waals surface area contributed by atoms with Gasteiger partial charge >= 0.3 is 6.03 Å². The lowest BCUT2D eigenvalue weighted by Gasteiger charge is -2.43. The van der Waals surface area contributed by atoms with Crippen LogP contribution in [0.1, 0.15) is 36.3 Å². The predicted molar refractivity (Wildman–Crippen MR) is 143 cm³/mol. The number of nitriles is 1. The third-order valence-corrected chi connectivity index (χ3v) is 7.88. The first kappa shape index (κ1) is 23.2. The zero-order chi connectivity index (χ0) is 25.5. The zero-order valence-electron chi connectivity index (χ0n) is 19.9. The highest BCUT2D eigenvalue weighted by Gasteiger charge is 2.45. The summed E-state index contributed by atoms with van der Waals surface area (Å²) in [5, 5.41) is 14.8. The predicted octanol–water partition coefficient (Wildman–Crippen LogP) is 6.44. The van der Waals surface area contributed by atoms with E-state index in [1.54, 1.807) is 18.5 Å². The van der Waals surface area contributed by atoms with Gasteiger partial charge in [-0.2, -0.15) is 5.26 Å². The van der Waals surface area contributed by atoms with E-state index in [1.807, 2.05) is 60.7 Å². The van der Waals surface area contributed by atoms with Crippen molar-refractivity contribution in [3.8, 4) is 17.2 Å². The van der Waals surface area contributed by atoms with Gasteiger partial charge in [0.15, 0.2) is 0 Å². The maximum absolute atomic E-state index is 13.7. The second-order valence-corrected chi connectivity index (χ2v) is 10.0. The molecule has 3 unspecified atom stereocenters. The first-order valence-corrected chi connectivity index (χ1v) is 12.7. The van der Waals surface area contributed by atoms with Crippen molar-refractivity contribution in [1.82, 2.24) is 10.3 Å². The first-order valence-electron chi connectivity index (χ1n) is 12.3. The molecule has 1 saturated carbocycles. The van der Waals surface area contributed by atoms with Crippen LogP contribution in [0.4, 0.5) is 10.5 Å². The number of imide groups is 1. The van der Waals surface area contributed by atoms with Gasteiger partial charge in [-0.3, -0.25) is 9.78 Å². The number of amides is 3. The van der Waals surface area contributed by atoms with Crippen LogP contribution in [0, 0.1) is 17.2 Å². The van der Waals surface area contributed by atoms with E-state index in [0.717, 1.165) is 33.9 Å². The lowest BCUT2D eigenvalue weighted by molar-refractivity contribution is -0.124. The van der Waals surface area contributed by atoms with Gasteiger partial charge in [0.25, 0.3) is 0 Å². The minimum absolute atomic E-state index is 0.0644. The number of anilines is 1. The average molecular weight is 507 g/mol. The van der Waals surface area contributed by atoms with Crippen molar-refractivity contribution in [3.63, 3.8) is 0 Å². The number of aromatic nitrogens is 1. The maximum Gasteiger partial charge on any atom is 0.329 e. The van der Waals surface area contributed by atoms with Crippen LogP contribution < -0.4 is 10.2 Å². The number of nitrogens with one attached hydrogen (secondary N) is 1. The quantitative estimate of drug-likeness (QED) is 0.346. The van der Waals surface area contributed by atoms with E-state index < -0.39 is 6.03 Å². The maximum atomic E-state index is 13.7. The fourth-order valence-electron chi connectivity index (χ4n) is 5.84. The topological polar surface area (TPSA) is 86.1 Å². The fraction of sp³-hybridized carbons (Fsp3) is 0.200. The van der Waals surface area contributed by atoms with Gasteiger partial charge in [-0.15, -0.1) is 0 Å². The molecule has 1 saturated heterocycles. The number of hydrogen-bond donors (Lipinski definition) is 1. The van der Waals surface area contributed by atoms with Crippen LogP contribution in [-0.2, 0) is 4.79 Å². The van der Waals surface area contributed by atoms with Crippen molar-refractivity contribution < 1.29 is 9.59 Å². The summed E-state index contributed by atoms with van der Waals surface area (Å²) in [5.74, 6) is -0.443. The van der Waals surface area contributed by atoms with Gasteiger partial charge in [-0.05, 0) is 60.1 Å². The monoisotopic (exact) mass is 506 g/mol. The van der Waals surface area contributed by atoms with E-state index in [-0.39, 0.29) is 23.8 Å². The largest absolute Gasteiger partial charge is 0.334 e. The molecule has 1 aromatic heterocycles. The smallest absolute Gasteiger partial charge is 0.329 e. The zero-order valence-corrected chi connectivity index (χ0v) is 20.7. The van der Waals surface area contributed by atoms with Crippen LogP contribution in [-0.4, -0.2) is 23.0 Å². The molecule has 1 N–H and O–H groups in total. The van der Waals surface area contributed by atoms with Gasteiger partial charge in [0.1, 0.15) is 0 Å². The summed E-state index contributed by atoms with van der Waals surface area (Å²) in [6, 6.07) is 22.4. The number of urea groups is 1. The Balaban J connectivity index is 1.31. The Morgan fingerprint density at radius 3 is 2.70 bits per heavy atom. The highest BCUT2D eigenvalue weighted by molar-refractivity contribution is 6.32. The first-order chi connectivity index (χ1) is 18.0. The van der Waals surface area contributed by atoms with Gasteiger partial charge in [-0.25, -0.2) is 9.69 Å². The number of carbonyl (C=O) groups is 2. The fourth-order valence-corrected chi connectivity index (χ4v) is 6.17. The van der Waals surface area contributed by atoms with Crippen molar-refractivity contribution in [2.45, 2.75) is 31.2 Å². The highest BCUT2D eigenvalue weighted by atomic mass is 35.5. The van der Waals surface area contributed by atoms with E-state index >= 15 is 0 Å². The second kappa shape index (κ2) is 9.34. The van der Waals surface area contributed by atoms with Gasteiger partial charge in [0, 0.05) is 28.0 Å². The number of nitrogens with zero attached hydrogens (tertiary/aromatic N) is 3. The van der Waals surface area contributed by atoms with Crippen molar-refractivity contribution >= 4 is 40.0 Å². The lowest BCUT2D eigenvalue weighted by atomic mass is 9.72. The molecule has 0 spiro atoms. The van der Waals surface area contributed by atoms with E-state index in [4.69, 9.17) is 11.6 Å². The van der Waals surface area contributed by atoms with Gasteiger partial charge in [-0.1, -0.05) is 60.1 Å². The Morgan fingerprint density at radius 1 is 1.00 bits per heavy atom. The molecule has 37 heavy (non-hydrogen) atoms. The third-order valence-electron chi connectivity index (χ3n) is 7.55. The summed E-state index contributed by atoms with van der Waals surface area (Å²) < 4.78 is 0. The molecule has 1 aliphatic heterocycles. The number of fused-ring (bicyclic) bond motifs is 2. The molecule has 7 heteroatoms. The standard InChI is InChI=1S/C30H23ClN4O2/c31-25-10-4-9-23(19-7-3-5-18(13-19)15-32)28(25)20-11-12-24-26(14-20)34-30(37)35(29(24)36)27-17-33-16-21-6-1-2-8-22(21)27/h1-10,13,16-17,20,24,26H,11-12,14H2,(H,34,37). The average Bonchev–Trinajstić information content (AvgIpc) is 2.93. The molecule has 3 aromatic carbocycles. The Bertz CT molecular complexity index is 1590. The molecule has 0 bridgehead atoms. The summed E-state index contributed by atoms with van der Waals surface area (Å²) in [5.41, 5.74) is 3.99. The minimum Gasteiger partial charge on any atom is -0.334 e. The molecule has 2 heterocycles. The Morgan fingerprint density at radius 2 is 1.84 bits per heavy atom.